The molecule has 0 saturated heterocycles. The molecular weight excluding hydrogens is 168 g/mol. The summed E-state index contributed by atoms with van der Waals surface area (Å²) in [5, 5.41) is 0. The first-order valence-electron chi connectivity index (χ1n) is 3.96. The van der Waals surface area contributed by atoms with Crippen LogP contribution in [-0.2, 0) is 4.74 Å². The van der Waals surface area contributed by atoms with Gasteiger partial charge in [0.1, 0.15) is 5.75 Å². The van der Waals surface area contributed by atoms with Crippen molar-refractivity contribution in [1.29, 1.82) is 0 Å². The van der Waals surface area contributed by atoms with E-state index in [9.17, 15) is 4.79 Å². The number of ether oxygens (including phenoxy) is 2. The number of carbonyl (C=O) groups excluding carboxylic acids is 1. The number of benzene rings is 1. The molecular formula is C10H12O3. The minimum atomic E-state index is -0.691. The monoisotopic (exact) mass is 180 g/mol. The predicted molar refractivity (Wildman–Crippen MR) is 48.9 cm³/mol. The van der Waals surface area contributed by atoms with Gasteiger partial charge < -0.3 is 9.47 Å². The Labute approximate surface area is 77.3 Å². The highest BCUT2D eigenvalue weighted by Crippen LogP contribution is 2.16. The molecule has 0 saturated carbocycles. The van der Waals surface area contributed by atoms with Gasteiger partial charge in [0.15, 0.2) is 0 Å². The standard InChI is InChI=1S/C10H12O3/c1-7-4-5-9(6-8(7)2)13-10(11)12-3/h4-6H,1-3H3. The SMILES string of the molecule is COC(=O)Oc1ccc(C)c(C)c1. The molecule has 1 rings (SSSR count). The van der Waals surface area contributed by atoms with Crippen molar-refractivity contribution in [2.75, 3.05) is 7.11 Å². The molecule has 0 aliphatic heterocycles. The lowest BCUT2D eigenvalue weighted by Gasteiger charge is -2.04. The van der Waals surface area contributed by atoms with Crippen LogP contribution >= 0.6 is 0 Å². The van der Waals surface area contributed by atoms with Gasteiger partial charge in [0, 0.05) is 0 Å². The van der Waals surface area contributed by atoms with E-state index in [0.29, 0.717) is 5.75 Å². The van der Waals surface area contributed by atoms with Crippen LogP contribution in [-0.4, -0.2) is 13.3 Å². The van der Waals surface area contributed by atoms with Gasteiger partial charge in [0.05, 0.1) is 7.11 Å². The van der Waals surface area contributed by atoms with Gasteiger partial charge in [-0.3, -0.25) is 0 Å². The molecule has 3 heteroatoms. The van der Waals surface area contributed by atoms with Gasteiger partial charge in [-0.2, -0.15) is 0 Å². The second kappa shape index (κ2) is 3.94. The van der Waals surface area contributed by atoms with Crippen molar-refractivity contribution in [1.82, 2.24) is 0 Å². The number of rotatable bonds is 1. The van der Waals surface area contributed by atoms with Crippen molar-refractivity contribution < 1.29 is 14.3 Å². The first-order valence-corrected chi connectivity index (χ1v) is 3.96. The van der Waals surface area contributed by atoms with E-state index in [1.54, 1.807) is 12.1 Å². The molecule has 0 spiro atoms. The second-order valence-electron chi connectivity index (χ2n) is 2.80. The van der Waals surface area contributed by atoms with Crippen LogP contribution in [0.4, 0.5) is 4.79 Å². The molecule has 0 aliphatic carbocycles. The molecule has 13 heavy (non-hydrogen) atoms. The van der Waals surface area contributed by atoms with Crippen molar-refractivity contribution in [3.8, 4) is 5.75 Å². The summed E-state index contributed by atoms with van der Waals surface area (Å²) < 4.78 is 9.20. The first-order chi connectivity index (χ1) is 6.13. The number of methoxy groups -OCH3 is 1. The van der Waals surface area contributed by atoms with E-state index in [2.05, 4.69) is 4.74 Å². The zero-order valence-electron chi connectivity index (χ0n) is 7.96. The van der Waals surface area contributed by atoms with Crippen LogP contribution in [0.2, 0.25) is 0 Å². The lowest BCUT2D eigenvalue weighted by Crippen LogP contribution is -2.07. The summed E-state index contributed by atoms with van der Waals surface area (Å²) in [5.41, 5.74) is 2.25. The minimum Gasteiger partial charge on any atom is -0.437 e. The Morgan fingerprint density at radius 3 is 2.46 bits per heavy atom. The summed E-state index contributed by atoms with van der Waals surface area (Å²) in [6, 6.07) is 5.43. The number of aryl methyl sites for hydroxylation is 2. The molecule has 0 radical (unpaired) electrons. The van der Waals surface area contributed by atoms with Gasteiger partial charge >= 0.3 is 6.16 Å². The quantitative estimate of drug-likeness (QED) is 0.492. The van der Waals surface area contributed by atoms with Crippen LogP contribution in [0.5, 0.6) is 5.75 Å². The second-order valence-corrected chi connectivity index (χ2v) is 2.80. The lowest BCUT2D eigenvalue weighted by molar-refractivity contribution is 0.121. The zero-order chi connectivity index (χ0) is 9.84. The smallest absolute Gasteiger partial charge is 0.437 e. The maximum absolute atomic E-state index is 10.7. The first kappa shape index (κ1) is 9.58. The van der Waals surface area contributed by atoms with Gasteiger partial charge in [-0.1, -0.05) is 6.07 Å². The van der Waals surface area contributed by atoms with Crippen LogP contribution < -0.4 is 4.74 Å². The summed E-state index contributed by atoms with van der Waals surface area (Å²) >= 11 is 0. The molecule has 0 atom stereocenters. The molecule has 0 amide bonds. The Hall–Kier alpha value is -1.51. The average molecular weight is 180 g/mol. The van der Waals surface area contributed by atoms with Crippen molar-refractivity contribution in [3.05, 3.63) is 29.3 Å². The molecule has 70 valence electrons. The van der Waals surface area contributed by atoms with E-state index in [-0.39, 0.29) is 0 Å². The maximum atomic E-state index is 10.7. The molecule has 1 aromatic rings. The average Bonchev–Trinajstić information content (AvgIpc) is 2.11. The summed E-state index contributed by atoms with van der Waals surface area (Å²) in [5.74, 6) is 0.509. The van der Waals surface area contributed by atoms with E-state index >= 15 is 0 Å². The highest BCUT2D eigenvalue weighted by atomic mass is 16.7. The Bertz CT molecular complexity index is 318. The summed E-state index contributed by atoms with van der Waals surface area (Å²) in [6.07, 6.45) is -0.691. The Kier molecular flexibility index (Phi) is 2.90. The summed E-state index contributed by atoms with van der Waals surface area (Å²) in [6.45, 7) is 3.96. The van der Waals surface area contributed by atoms with Crippen molar-refractivity contribution in [3.63, 3.8) is 0 Å². The number of hydrogen-bond acceptors (Lipinski definition) is 3. The summed E-state index contributed by atoms with van der Waals surface area (Å²) in [7, 11) is 1.28. The molecule has 0 heterocycles. The van der Waals surface area contributed by atoms with Gasteiger partial charge in [0.25, 0.3) is 0 Å². The van der Waals surface area contributed by atoms with E-state index in [4.69, 9.17) is 4.74 Å². The van der Waals surface area contributed by atoms with Crippen LogP contribution in [0, 0.1) is 13.8 Å². The normalized spacial score (nSPS) is 9.46. The van der Waals surface area contributed by atoms with Gasteiger partial charge in [0.2, 0.25) is 0 Å². The van der Waals surface area contributed by atoms with E-state index < -0.39 is 6.16 Å². The van der Waals surface area contributed by atoms with Crippen molar-refractivity contribution >= 4 is 6.16 Å². The molecule has 0 aliphatic rings. The van der Waals surface area contributed by atoms with Crippen LogP contribution in [0.3, 0.4) is 0 Å². The maximum Gasteiger partial charge on any atom is 0.513 e. The van der Waals surface area contributed by atoms with Crippen molar-refractivity contribution in [2.24, 2.45) is 0 Å². The highest BCUT2D eigenvalue weighted by molar-refractivity contribution is 5.63. The van der Waals surface area contributed by atoms with Gasteiger partial charge in [-0.25, -0.2) is 4.79 Å². The molecule has 1 aromatic carbocycles. The Morgan fingerprint density at radius 1 is 1.23 bits per heavy atom. The van der Waals surface area contributed by atoms with Gasteiger partial charge in [-0.05, 0) is 37.1 Å². The highest BCUT2D eigenvalue weighted by Gasteiger charge is 2.03. The minimum absolute atomic E-state index is 0.509. The molecule has 0 aromatic heterocycles. The fourth-order valence-corrected chi connectivity index (χ4v) is 0.915. The Balaban J connectivity index is 2.79. The molecule has 3 nitrogen and oxygen atoms in total. The van der Waals surface area contributed by atoms with Crippen LogP contribution in [0.1, 0.15) is 11.1 Å². The van der Waals surface area contributed by atoms with Crippen LogP contribution in [0.15, 0.2) is 18.2 Å². The van der Waals surface area contributed by atoms with Crippen LogP contribution in [0.25, 0.3) is 0 Å². The molecule has 0 unspecified atom stereocenters. The molecule has 0 fully saturated rings. The molecule has 0 bridgehead atoms. The predicted octanol–water partition coefficient (Wildman–Crippen LogP) is 2.45. The largest absolute Gasteiger partial charge is 0.513 e. The molecule has 0 N–H and O–H groups in total. The third kappa shape index (κ3) is 2.47. The van der Waals surface area contributed by atoms with E-state index in [1.165, 1.54) is 7.11 Å². The van der Waals surface area contributed by atoms with Gasteiger partial charge in [-0.15, -0.1) is 0 Å². The lowest BCUT2D eigenvalue weighted by atomic mass is 10.1. The topological polar surface area (TPSA) is 35.5 Å². The van der Waals surface area contributed by atoms with E-state index in [0.717, 1.165) is 11.1 Å². The number of carbonyl (C=O) groups is 1. The third-order valence-corrected chi connectivity index (χ3v) is 1.85. The van der Waals surface area contributed by atoms with Crippen molar-refractivity contribution in [2.45, 2.75) is 13.8 Å². The fraction of sp³-hybridized carbons (Fsp3) is 0.300. The zero-order valence-corrected chi connectivity index (χ0v) is 7.96. The fourth-order valence-electron chi connectivity index (χ4n) is 0.915. The number of hydrogen-bond donors (Lipinski definition) is 0. The third-order valence-electron chi connectivity index (χ3n) is 1.85. The Morgan fingerprint density at radius 2 is 1.92 bits per heavy atom. The summed E-state index contributed by atoms with van der Waals surface area (Å²) in [4.78, 5) is 10.7. The van der Waals surface area contributed by atoms with E-state index in [1.807, 2.05) is 19.9 Å².